The molecule has 9 rings (SSSR count). The quantitative estimate of drug-likeness (QED) is 0.0188. The van der Waals surface area contributed by atoms with Gasteiger partial charge in [-0.25, -0.2) is 14.4 Å². The van der Waals surface area contributed by atoms with Gasteiger partial charge in [-0.15, -0.1) is 35.3 Å². The monoisotopic (exact) mass is 1700 g/mol. The molecule has 9 aromatic carbocycles. The largest absolute Gasteiger partial charge is 0.508 e. The summed E-state index contributed by atoms with van der Waals surface area (Å²) in [5, 5.41) is 27.7. The molecule has 0 spiro atoms. The van der Waals surface area contributed by atoms with Gasteiger partial charge in [0.2, 0.25) is 0 Å². The number of aliphatic hydroxyl groups excluding tert-OH is 1. The fourth-order valence-electron chi connectivity index (χ4n) is 9.36. The van der Waals surface area contributed by atoms with Crippen LogP contribution in [0.5, 0.6) is 69.0 Å². The number of carboxylic acid groups (broad SMARTS) is 1. The number of aliphatic hydroxyl groups is 1. The molecule has 31 heteroatoms. The molecule has 0 aliphatic carbocycles. The molecule has 0 saturated heterocycles. The summed E-state index contributed by atoms with van der Waals surface area (Å²) >= 11 is 4.42. The Hall–Kier alpha value is -10.6. The van der Waals surface area contributed by atoms with Crippen LogP contribution >= 0.6 is 35.3 Å². The van der Waals surface area contributed by atoms with E-state index in [1.54, 1.807) is 126 Å². The summed E-state index contributed by atoms with van der Waals surface area (Å²) in [7, 11) is 4.72. The van der Waals surface area contributed by atoms with Gasteiger partial charge >= 0.3 is 36.4 Å². The van der Waals surface area contributed by atoms with Gasteiger partial charge in [0.15, 0.2) is 19.8 Å². The molecule has 0 radical (unpaired) electrons. The van der Waals surface area contributed by atoms with Gasteiger partial charge < -0.3 is 76.9 Å². The number of thioether (sulfide) groups is 3. The van der Waals surface area contributed by atoms with E-state index in [1.807, 2.05) is 57.2 Å². The van der Waals surface area contributed by atoms with Gasteiger partial charge in [-0.3, -0.25) is 0 Å². The summed E-state index contributed by atoms with van der Waals surface area (Å²) in [4.78, 5) is 36.4. The van der Waals surface area contributed by atoms with Crippen LogP contribution in [0.2, 0.25) is 0 Å². The number of aliphatic carboxylic acids is 1. The lowest BCUT2D eigenvalue weighted by molar-refractivity contribution is -0.146. The fourth-order valence-corrected chi connectivity index (χ4v) is 12.2. The zero-order chi connectivity index (χ0) is 82.5. The summed E-state index contributed by atoms with van der Waals surface area (Å²) in [6.07, 6.45) is -14.9. The molecule has 3 N–H and O–H groups in total. The zero-order valence-electron chi connectivity index (χ0n) is 62.6. The van der Waals surface area contributed by atoms with E-state index in [0.29, 0.717) is 82.2 Å². The van der Waals surface area contributed by atoms with Crippen LogP contribution < -0.4 is 52.1 Å². The van der Waals surface area contributed by atoms with E-state index in [9.17, 15) is 59.0 Å². The van der Waals surface area contributed by atoms with Crippen LogP contribution in [0.3, 0.4) is 0 Å². The summed E-state index contributed by atoms with van der Waals surface area (Å²) in [6, 6.07) is 50.5. The molecule has 640 valence electrons. The number of aryl methyl sites for hydroxylation is 3. The number of phenolic OH excluding ortho intramolecular Hbond substituents is 1. The molecule has 0 heterocycles. The fraction of sp³-hybridized carbons (Fsp3) is 0.337. The van der Waals surface area contributed by atoms with Crippen molar-refractivity contribution in [2.45, 2.75) is 116 Å². The number of rotatable bonds is 36. The summed E-state index contributed by atoms with van der Waals surface area (Å²) in [5.41, 5.74) is 0.234. The highest BCUT2D eigenvalue weighted by Crippen LogP contribution is 2.36. The Kier molecular flexibility index (Phi) is 45.7. The van der Waals surface area contributed by atoms with E-state index in [1.165, 1.54) is 71.7 Å². The molecule has 0 amide bonds. The molecule has 117 heavy (non-hydrogen) atoms. The highest BCUT2D eigenvalue weighted by atomic mass is 32.2. The van der Waals surface area contributed by atoms with Crippen molar-refractivity contribution in [1.82, 2.24) is 0 Å². The van der Waals surface area contributed by atoms with Crippen molar-refractivity contribution in [1.29, 1.82) is 0 Å². The van der Waals surface area contributed by atoms with E-state index < -0.39 is 78.0 Å². The number of carbonyl (C=O) groups is 3. The molecular formula is C86H101F9O19S3. The predicted octanol–water partition coefficient (Wildman–Crippen LogP) is 21.1. The molecular weight excluding hydrogens is 1600 g/mol. The van der Waals surface area contributed by atoms with Crippen LogP contribution in [0.4, 0.5) is 39.5 Å². The first-order valence-corrected chi connectivity index (χ1v) is 37.4. The van der Waals surface area contributed by atoms with Crippen LogP contribution in [-0.2, 0) is 42.4 Å². The number of carbonyl (C=O) groups excluding carboxylic acids is 2. The Morgan fingerprint density at radius 3 is 0.923 bits per heavy atom. The second kappa shape index (κ2) is 52.1. The van der Waals surface area contributed by atoms with E-state index in [0.717, 1.165) is 73.5 Å². The molecule has 0 fully saturated rings. The van der Waals surface area contributed by atoms with Crippen molar-refractivity contribution in [3.63, 3.8) is 0 Å². The van der Waals surface area contributed by atoms with Crippen LogP contribution in [0.1, 0.15) is 76.9 Å². The van der Waals surface area contributed by atoms with E-state index >= 15 is 0 Å². The minimum atomic E-state index is -4.42. The van der Waals surface area contributed by atoms with Crippen molar-refractivity contribution in [2.75, 3.05) is 91.4 Å². The van der Waals surface area contributed by atoms with Crippen LogP contribution in [0, 0.1) is 20.8 Å². The Morgan fingerprint density at radius 2 is 0.641 bits per heavy atom. The second-order valence-corrected chi connectivity index (χ2v) is 27.0. The molecule has 3 atom stereocenters. The number of phenols is 1. The van der Waals surface area contributed by atoms with Crippen molar-refractivity contribution >= 4 is 53.2 Å². The van der Waals surface area contributed by atoms with Gasteiger partial charge in [-0.1, -0.05) is 29.7 Å². The first kappa shape index (κ1) is 102. The van der Waals surface area contributed by atoms with E-state index in [-0.39, 0.29) is 74.2 Å². The number of methoxy groups -OCH3 is 3. The average molecular weight is 1710 g/mol. The number of hydrogen-bond donors (Lipinski definition) is 3. The number of hydrogen-bond acceptors (Lipinski definition) is 21. The lowest BCUT2D eigenvalue weighted by atomic mass is 10.2. The van der Waals surface area contributed by atoms with E-state index in [2.05, 4.69) is 0 Å². The van der Waals surface area contributed by atoms with Crippen molar-refractivity contribution < 1.29 is 131 Å². The minimum absolute atomic E-state index is 0. The van der Waals surface area contributed by atoms with Crippen LogP contribution in [0.15, 0.2) is 215 Å². The number of carboxylic acids is 1. The lowest BCUT2D eigenvalue weighted by Gasteiger charge is -2.20. The van der Waals surface area contributed by atoms with Crippen molar-refractivity contribution in [2.24, 2.45) is 0 Å². The van der Waals surface area contributed by atoms with Gasteiger partial charge in [0.05, 0.1) is 57.3 Å². The van der Waals surface area contributed by atoms with Crippen molar-refractivity contribution in [3.8, 4) is 69.0 Å². The number of alkyl halides is 9. The number of aromatic hydroxyl groups is 1. The first-order valence-electron chi connectivity index (χ1n) is 34.5. The number of ether oxygens (including phenoxy) is 13. The average Bonchev–Trinajstić information content (AvgIpc) is 0.824. The second-order valence-electron chi connectivity index (χ2n) is 23.8. The molecule has 3 unspecified atom stereocenters. The summed E-state index contributed by atoms with van der Waals surface area (Å²) in [6.45, 7) is 8.99. The van der Waals surface area contributed by atoms with Gasteiger partial charge in [-0.2, -0.15) is 39.5 Å². The standard InChI is InChI=1S/C28H29F3O6S.C26H25F3O6S.C21H23F3O5S.C7H8O2.4CH4/c1-4-34-27(32)17-36-26-14-13-25(15-19(26)2)38-18-24(37-23-11-9-21(33-3)10-12-23)16-35-22-7-5-20(6-8-22)28(29,30)31;1-17-13-23(11-12-24(17)34-15-25(30)31)36-16-22(35-21-9-7-19(32-2)8-10-21)14-33-20-5-3-18(4-6-20)26(27,28)29;1-3-27-20(26)12-29-19-9-8-18(10-14(19)2)30-13-16(25)11-28-17-6-4-15(5-7-17)21(22,23)24;1-9-7-4-2-6(8)3-5-7;;;;/h5-15,24H,4,16-18H2,1-3H3;3-13,22H,14-16H2,1-2H3,(H,30,31);4-10,16,25H,3,11-13H2,1-2H3;2-5,8H,1H3;4*1H4. The molecule has 0 bridgehead atoms. The first-order chi connectivity index (χ1) is 53.8. The zero-order valence-corrected chi connectivity index (χ0v) is 65.0. The molecule has 19 nitrogen and oxygen atoms in total. The molecule has 0 aliphatic rings. The highest BCUT2D eigenvalue weighted by molar-refractivity contribution is 7.99. The van der Waals surface area contributed by atoms with Gasteiger partial charge in [0.1, 0.15) is 101 Å². The van der Waals surface area contributed by atoms with Gasteiger partial charge in [0, 0.05) is 31.9 Å². The molecule has 0 aliphatic heterocycles. The Balaban J connectivity index is 0.000000557. The Bertz CT molecular complexity index is 4330. The Labute approximate surface area is 690 Å². The maximum Gasteiger partial charge on any atom is 0.416 e. The highest BCUT2D eigenvalue weighted by Gasteiger charge is 2.32. The normalized spacial score (nSPS) is 11.4. The maximum atomic E-state index is 12.9. The third-order valence-corrected chi connectivity index (χ3v) is 18.5. The number of halogens is 9. The molecule has 9 aromatic rings. The molecule has 0 saturated carbocycles. The van der Waals surface area contributed by atoms with Crippen LogP contribution in [0.25, 0.3) is 0 Å². The molecule has 0 aromatic heterocycles. The lowest BCUT2D eigenvalue weighted by Crippen LogP contribution is -2.27. The minimum Gasteiger partial charge on any atom is -0.508 e. The van der Waals surface area contributed by atoms with Gasteiger partial charge in [0.25, 0.3) is 0 Å². The smallest absolute Gasteiger partial charge is 0.416 e. The summed E-state index contributed by atoms with van der Waals surface area (Å²) in [5.74, 6) is 5.45. The third-order valence-electron chi connectivity index (χ3n) is 15.1. The van der Waals surface area contributed by atoms with Crippen LogP contribution in [-0.4, -0.2) is 143 Å². The van der Waals surface area contributed by atoms with Crippen molar-refractivity contribution in [3.05, 3.63) is 234 Å². The Morgan fingerprint density at radius 1 is 0.368 bits per heavy atom. The maximum absolute atomic E-state index is 12.9. The third kappa shape index (κ3) is 38.3. The van der Waals surface area contributed by atoms with Gasteiger partial charge in [-0.05, 0) is 251 Å². The van der Waals surface area contributed by atoms with E-state index in [4.69, 9.17) is 71.8 Å². The topological polar surface area (TPSA) is 232 Å². The number of benzene rings is 9. The SMILES string of the molecule is C.C.C.C.CCOC(=O)COc1ccc(SCC(COc2ccc(C(F)(F)F)cc2)Oc2ccc(OC)cc2)cc1C.CCOC(=O)COc1ccc(SCC(O)COc2ccc(C(F)(F)F)cc2)cc1C.COc1ccc(O)cc1.COc1ccc(OC(COc2ccc(C(F)(F)F)cc2)CSc2ccc(OCC(=O)O)c(C)c2)cc1. The number of esters is 2. The predicted molar refractivity (Wildman–Crippen MR) is 436 cm³/mol. The summed E-state index contributed by atoms with van der Waals surface area (Å²) < 4.78 is 185.